The van der Waals surface area contributed by atoms with E-state index in [1.807, 2.05) is 66.3 Å². The Kier molecular flexibility index (Phi) is 5.28. The molecule has 1 aliphatic heterocycles. The highest BCUT2D eigenvalue weighted by atomic mass is 16.7. The fourth-order valence-electron chi connectivity index (χ4n) is 3.37. The van der Waals surface area contributed by atoms with E-state index in [1.54, 1.807) is 6.20 Å². The van der Waals surface area contributed by atoms with Gasteiger partial charge in [0.15, 0.2) is 11.5 Å². The second-order valence-corrected chi connectivity index (χ2v) is 6.76. The first-order valence-corrected chi connectivity index (χ1v) is 9.45. The van der Waals surface area contributed by atoms with Gasteiger partial charge in [0, 0.05) is 37.2 Å². The average molecular weight is 377 g/mol. The number of nitrogens with one attached hydrogen (secondary N) is 1. The van der Waals surface area contributed by atoms with Crippen molar-refractivity contribution >= 4 is 5.91 Å². The molecular weight excluding hydrogens is 354 g/mol. The van der Waals surface area contributed by atoms with Crippen molar-refractivity contribution in [2.45, 2.75) is 32.4 Å². The second-order valence-electron chi connectivity index (χ2n) is 6.76. The number of fused-ring (bicyclic) bond motifs is 1. The smallest absolute Gasteiger partial charge is 0.231 e. The molecular formula is C22H23N3O3. The van der Waals surface area contributed by atoms with Crippen LogP contribution < -0.4 is 14.8 Å². The molecule has 2 aromatic carbocycles. The molecule has 1 aromatic heterocycles. The number of hydrogen-bond donors (Lipinski definition) is 1. The van der Waals surface area contributed by atoms with Crippen molar-refractivity contribution in [3.63, 3.8) is 0 Å². The van der Waals surface area contributed by atoms with Crippen molar-refractivity contribution in [1.82, 2.24) is 15.1 Å². The van der Waals surface area contributed by atoms with Crippen molar-refractivity contribution in [1.29, 1.82) is 0 Å². The van der Waals surface area contributed by atoms with Gasteiger partial charge >= 0.3 is 0 Å². The van der Waals surface area contributed by atoms with Crippen LogP contribution in [0.2, 0.25) is 0 Å². The van der Waals surface area contributed by atoms with Gasteiger partial charge < -0.3 is 14.8 Å². The highest BCUT2D eigenvalue weighted by Gasteiger charge is 2.22. The summed E-state index contributed by atoms with van der Waals surface area (Å²) < 4.78 is 12.8. The molecule has 6 heteroatoms. The average Bonchev–Trinajstić information content (AvgIpc) is 3.39. The van der Waals surface area contributed by atoms with Crippen molar-refractivity contribution in [2.75, 3.05) is 6.79 Å². The number of benzene rings is 2. The number of rotatable bonds is 7. The Balaban J connectivity index is 1.50. The molecule has 1 N–H and O–H groups in total. The van der Waals surface area contributed by atoms with Crippen molar-refractivity contribution in [3.8, 4) is 11.5 Å². The highest BCUT2D eigenvalue weighted by molar-refractivity contribution is 5.77. The Morgan fingerprint density at radius 2 is 1.96 bits per heavy atom. The molecule has 0 spiro atoms. The molecule has 1 aliphatic rings. The number of aromatic nitrogens is 2. The molecule has 0 saturated carbocycles. The molecule has 28 heavy (non-hydrogen) atoms. The molecule has 4 rings (SSSR count). The Hall–Kier alpha value is -3.28. The van der Waals surface area contributed by atoms with Crippen LogP contribution in [0, 0.1) is 0 Å². The van der Waals surface area contributed by atoms with E-state index in [1.165, 1.54) is 0 Å². The first-order valence-electron chi connectivity index (χ1n) is 9.45. The Morgan fingerprint density at radius 3 is 2.75 bits per heavy atom. The van der Waals surface area contributed by atoms with Crippen LogP contribution in [0.3, 0.4) is 0 Å². The fourth-order valence-corrected chi connectivity index (χ4v) is 3.37. The summed E-state index contributed by atoms with van der Waals surface area (Å²) in [7, 11) is 0. The number of nitrogens with zero attached hydrogens (tertiary/aromatic N) is 2. The van der Waals surface area contributed by atoms with Gasteiger partial charge in [-0.05, 0) is 30.2 Å². The summed E-state index contributed by atoms with van der Waals surface area (Å²) in [6.45, 7) is 3.56. The van der Waals surface area contributed by atoms with Crippen LogP contribution >= 0.6 is 0 Å². The van der Waals surface area contributed by atoms with E-state index >= 15 is 0 Å². The van der Waals surface area contributed by atoms with E-state index < -0.39 is 0 Å². The molecule has 1 atom stereocenters. The third-order valence-electron chi connectivity index (χ3n) is 4.89. The lowest BCUT2D eigenvalue weighted by Gasteiger charge is -2.18. The number of ether oxygens (including phenoxy) is 2. The normalized spacial score (nSPS) is 13.3. The summed E-state index contributed by atoms with van der Waals surface area (Å²) >= 11 is 0. The third-order valence-corrected chi connectivity index (χ3v) is 4.89. The van der Waals surface area contributed by atoms with Crippen molar-refractivity contribution < 1.29 is 14.3 Å². The van der Waals surface area contributed by atoms with Gasteiger partial charge in [-0.1, -0.05) is 36.4 Å². The molecule has 0 saturated heterocycles. The largest absolute Gasteiger partial charge is 0.454 e. The Bertz CT molecular complexity index is 953. The van der Waals surface area contributed by atoms with E-state index in [9.17, 15) is 4.79 Å². The Labute approximate surface area is 164 Å². The van der Waals surface area contributed by atoms with Gasteiger partial charge in [-0.3, -0.25) is 9.48 Å². The summed E-state index contributed by atoms with van der Waals surface area (Å²) in [6.07, 6.45) is 4.09. The highest BCUT2D eigenvalue weighted by Crippen LogP contribution is 2.37. The van der Waals surface area contributed by atoms with E-state index in [-0.39, 0.29) is 18.6 Å². The first-order chi connectivity index (χ1) is 13.7. The van der Waals surface area contributed by atoms with Crippen LogP contribution in [0.25, 0.3) is 0 Å². The minimum Gasteiger partial charge on any atom is -0.454 e. The molecule has 3 aromatic rings. The molecule has 144 valence electrons. The van der Waals surface area contributed by atoms with Gasteiger partial charge in [-0.25, -0.2) is 0 Å². The lowest BCUT2D eigenvalue weighted by molar-refractivity contribution is -0.121. The van der Waals surface area contributed by atoms with Gasteiger partial charge in [-0.15, -0.1) is 0 Å². The van der Waals surface area contributed by atoms with Crippen LogP contribution in [0.15, 0.2) is 60.9 Å². The maximum Gasteiger partial charge on any atom is 0.231 e. The zero-order valence-electron chi connectivity index (χ0n) is 15.8. The Morgan fingerprint density at radius 1 is 1.14 bits per heavy atom. The summed E-state index contributed by atoms with van der Waals surface area (Å²) in [5, 5.41) is 7.25. The summed E-state index contributed by atoms with van der Waals surface area (Å²) in [4.78, 5) is 12.7. The van der Waals surface area contributed by atoms with Crippen molar-refractivity contribution in [2.24, 2.45) is 0 Å². The topological polar surface area (TPSA) is 65.4 Å². The molecule has 1 amide bonds. The number of hydrogen-bond acceptors (Lipinski definition) is 4. The van der Waals surface area contributed by atoms with Crippen LogP contribution in [-0.4, -0.2) is 22.5 Å². The van der Waals surface area contributed by atoms with Gasteiger partial charge in [0.25, 0.3) is 0 Å². The van der Waals surface area contributed by atoms with Crippen LogP contribution in [0.4, 0.5) is 0 Å². The molecule has 0 unspecified atom stereocenters. The molecule has 2 heterocycles. The maximum absolute atomic E-state index is 12.7. The molecule has 0 aliphatic carbocycles. The van der Waals surface area contributed by atoms with Gasteiger partial charge in [0.2, 0.25) is 12.7 Å². The van der Waals surface area contributed by atoms with Crippen molar-refractivity contribution in [3.05, 3.63) is 77.6 Å². The quantitative estimate of drug-likeness (QED) is 0.685. The molecule has 0 fully saturated rings. The summed E-state index contributed by atoms with van der Waals surface area (Å²) in [5.74, 6) is 1.41. The second kappa shape index (κ2) is 8.17. The summed E-state index contributed by atoms with van der Waals surface area (Å²) in [6, 6.07) is 15.9. The summed E-state index contributed by atoms with van der Waals surface area (Å²) in [5.41, 5.74) is 3.12. The van der Waals surface area contributed by atoms with E-state index in [2.05, 4.69) is 10.4 Å². The molecule has 0 radical (unpaired) electrons. The predicted octanol–water partition coefficient (Wildman–Crippen LogP) is 3.47. The lowest BCUT2D eigenvalue weighted by atomic mass is 9.88. The van der Waals surface area contributed by atoms with E-state index in [0.29, 0.717) is 13.0 Å². The zero-order valence-corrected chi connectivity index (χ0v) is 15.8. The number of aryl methyl sites for hydroxylation is 1. The van der Waals surface area contributed by atoms with E-state index in [4.69, 9.17) is 9.47 Å². The monoisotopic (exact) mass is 377 g/mol. The van der Waals surface area contributed by atoms with Crippen LogP contribution in [0.5, 0.6) is 11.5 Å². The van der Waals surface area contributed by atoms with Crippen LogP contribution in [0.1, 0.15) is 36.0 Å². The number of carbonyl (C=O) groups is 1. The van der Waals surface area contributed by atoms with Gasteiger partial charge in [-0.2, -0.15) is 5.10 Å². The molecule has 6 nitrogen and oxygen atoms in total. The number of amides is 1. The zero-order chi connectivity index (χ0) is 19.3. The molecule has 0 bridgehead atoms. The SMILES string of the molecule is CCn1cc(CNC(=O)C[C@@H](c2ccccc2)c2ccc3c(c2)OCO3)cn1. The first kappa shape index (κ1) is 18.1. The minimum absolute atomic E-state index is 0.00392. The standard InChI is InChI=1S/C22H23N3O3/c1-2-25-14-16(13-24-25)12-23-22(26)11-19(17-6-4-3-5-7-17)18-8-9-20-21(10-18)28-15-27-20/h3-10,13-14,19H,2,11-12,15H2,1H3,(H,23,26)/t19-/m0/s1. The van der Waals surface area contributed by atoms with Gasteiger partial charge in [0.1, 0.15) is 0 Å². The fraction of sp³-hybridized carbons (Fsp3) is 0.273. The predicted molar refractivity (Wildman–Crippen MR) is 105 cm³/mol. The lowest BCUT2D eigenvalue weighted by Crippen LogP contribution is -2.24. The minimum atomic E-state index is -0.0611. The van der Waals surface area contributed by atoms with Crippen LogP contribution in [-0.2, 0) is 17.9 Å². The number of carbonyl (C=O) groups excluding carboxylic acids is 1. The van der Waals surface area contributed by atoms with Gasteiger partial charge in [0.05, 0.1) is 6.20 Å². The third kappa shape index (κ3) is 4.01. The van der Waals surface area contributed by atoms with E-state index in [0.717, 1.165) is 34.7 Å². The maximum atomic E-state index is 12.7.